The Kier molecular flexibility index (Phi) is 2.86. The zero-order valence-corrected chi connectivity index (χ0v) is 14.0. The largest absolute Gasteiger partial charge is 0.462 e. The summed E-state index contributed by atoms with van der Waals surface area (Å²) in [6, 6.07) is 6.53. The van der Waals surface area contributed by atoms with E-state index in [0.717, 1.165) is 12.8 Å². The van der Waals surface area contributed by atoms with Crippen LogP contribution in [0.25, 0.3) is 0 Å². The fourth-order valence-electron chi connectivity index (χ4n) is 5.29. The van der Waals surface area contributed by atoms with Gasteiger partial charge in [0.25, 0.3) is 0 Å². The third-order valence-electron chi connectivity index (χ3n) is 6.49. The van der Waals surface area contributed by atoms with Crippen LogP contribution in [0, 0.1) is 29.1 Å². The Balaban J connectivity index is 1.44. The van der Waals surface area contributed by atoms with Gasteiger partial charge in [0, 0.05) is 0 Å². The van der Waals surface area contributed by atoms with E-state index in [1.807, 2.05) is 0 Å². The molecule has 0 radical (unpaired) electrons. The zero-order chi connectivity index (χ0) is 17.3. The lowest BCUT2D eigenvalue weighted by atomic mass is 9.85. The number of nitrogens with zero attached hydrogens (tertiary/aromatic N) is 1. The van der Waals surface area contributed by atoms with Crippen molar-refractivity contribution in [2.45, 2.75) is 19.8 Å². The van der Waals surface area contributed by atoms with Crippen LogP contribution in [0.4, 0.5) is 5.69 Å². The predicted molar refractivity (Wildman–Crippen MR) is 89.7 cm³/mol. The van der Waals surface area contributed by atoms with Gasteiger partial charge in [0.15, 0.2) is 0 Å². The number of ether oxygens (including phenoxy) is 1. The summed E-state index contributed by atoms with van der Waals surface area (Å²) < 4.78 is 4.97. The van der Waals surface area contributed by atoms with Crippen LogP contribution in [-0.4, -0.2) is 24.4 Å². The van der Waals surface area contributed by atoms with Crippen molar-refractivity contribution in [3.05, 3.63) is 42.0 Å². The molecule has 1 spiro atoms. The maximum absolute atomic E-state index is 13.0. The molecule has 0 unspecified atom stereocenters. The SMILES string of the molecule is CCOC(=O)c1ccc(N2C(=O)[C@H]3[C@H](C2=O)[C@H]2C=C[C@H]3C23CC3)cc1. The molecule has 1 aliphatic heterocycles. The van der Waals surface area contributed by atoms with Crippen LogP contribution in [0.1, 0.15) is 30.1 Å². The number of hydrogen-bond donors (Lipinski definition) is 0. The van der Waals surface area contributed by atoms with Crippen molar-refractivity contribution in [2.24, 2.45) is 29.1 Å². The van der Waals surface area contributed by atoms with E-state index in [1.165, 1.54) is 4.90 Å². The highest BCUT2D eigenvalue weighted by atomic mass is 16.5. The number of anilines is 1. The quantitative estimate of drug-likeness (QED) is 0.483. The number of hydrogen-bond acceptors (Lipinski definition) is 4. The third kappa shape index (κ3) is 1.76. The topological polar surface area (TPSA) is 63.7 Å². The number of allylic oxidation sites excluding steroid dienone is 2. The number of carbonyl (C=O) groups excluding carboxylic acids is 3. The lowest BCUT2D eigenvalue weighted by Crippen LogP contribution is -2.34. The van der Waals surface area contributed by atoms with E-state index >= 15 is 0 Å². The Hall–Kier alpha value is -2.43. The molecule has 3 aliphatic carbocycles. The molecule has 0 N–H and O–H groups in total. The monoisotopic (exact) mass is 337 g/mol. The molecule has 25 heavy (non-hydrogen) atoms. The molecule has 1 aromatic rings. The lowest BCUT2D eigenvalue weighted by Gasteiger charge is -2.21. The number of benzene rings is 1. The first-order valence-electron chi connectivity index (χ1n) is 8.92. The van der Waals surface area contributed by atoms with Gasteiger partial charge in [-0.25, -0.2) is 4.79 Å². The van der Waals surface area contributed by atoms with Gasteiger partial charge < -0.3 is 4.74 Å². The number of rotatable bonds is 3. The fraction of sp³-hybridized carbons (Fsp3) is 0.450. The Labute approximate surface area is 145 Å². The van der Waals surface area contributed by atoms with Crippen molar-refractivity contribution < 1.29 is 19.1 Å². The van der Waals surface area contributed by atoms with Crippen molar-refractivity contribution in [3.8, 4) is 0 Å². The minimum absolute atomic E-state index is 0.0815. The van der Waals surface area contributed by atoms with E-state index in [9.17, 15) is 14.4 Å². The van der Waals surface area contributed by atoms with Crippen LogP contribution >= 0.6 is 0 Å². The van der Waals surface area contributed by atoms with Crippen LogP contribution in [0.5, 0.6) is 0 Å². The lowest BCUT2D eigenvalue weighted by molar-refractivity contribution is -0.123. The van der Waals surface area contributed by atoms with E-state index in [-0.39, 0.29) is 40.9 Å². The Morgan fingerprint density at radius 1 is 1.08 bits per heavy atom. The summed E-state index contributed by atoms with van der Waals surface area (Å²) in [5.74, 6) is -0.512. The van der Waals surface area contributed by atoms with Crippen LogP contribution in [0.3, 0.4) is 0 Å². The highest BCUT2D eigenvalue weighted by Crippen LogP contribution is 2.73. The standard InChI is InChI=1S/C20H19NO4/c1-2-25-19(24)11-3-5-12(6-4-11)21-17(22)15-13-7-8-14(16(15)18(21)23)20(13)9-10-20/h3-8,13-16H,2,9-10H2,1H3/t13-,14-,15-,16-/m1/s1. The summed E-state index contributed by atoms with van der Waals surface area (Å²) in [6.45, 7) is 2.06. The van der Waals surface area contributed by atoms with Gasteiger partial charge in [0.05, 0.1) is 29.7 Å². The van der Waals surface area contributed by atoms with Crippen LogP contribution in [-0.2, 0) is 14.3 Å². The molecule has 2 saturated carbocycles. The van der Waals surface area contributed by atoms with Gasteiger partial charge in [-0.05, 0) is 61.3 Å². The highest BCUT2D eigenvalue weighted by Gasteiger charge is 2.73. The fourth-order valence-corrected chi connectivity index (χ4v) is 5.29. The highest BCUT2D eigenvalue weighted by molar-refractivity contribution is 6.23. The van der Waals surface area contributed by atoms with E-state index in [4.69, 9.17) is 4.74 Å². The van der Waals surface area contributed by atoms with Gasteiger partial charge in [-0.1, -0.05) is 12.2 Å². The van der Waals surface area contributed by atoms with Crippen molar-refractivity contribution in [1.82, 2.24) is 0 Å². The average molecular weight is 337 g/mol. The molecule has 2 amide bonds. The molecule has 5 rings (SSSR count). The first-order valence-corrected chi connectivity index (χ1v) is 8.92. The molecule has 128 valence electrons. The Morgan fingerprint density at radius 2 is 1.64 bits per heavy atom. The third-order valence-corrected chi connectivity index (χ3v) is 6.49. The van der Waals surface area contributed by atoms with Crippen LogP contribution in [0.2, 0.25) is 0 Å². The second-order valence-electron chi connectivity index (χ2n) is 7.50. The Bertz CT molecular complexity index is 787. The van der Waals surface area contributed by atoms with E-state index in [1.54, 1.807) is 31.2 Å². The molecule has 4 aliphatic rings. The predicted octanol–water partition coefficient (Wildman–Crippen LogP) is 2.56. The van der Waals surface area contributed by atoms with Crippen LogP contribution in [0.15, 0.2) is 36.4 Å². The van der Waals surface area contributed by atoms with Gasteiger partial charge in [-0.3, -0.25) is 14.5 Å². The molecule has 0 aromatic heterocycles. The number of amides is 2. The number of fused-ring (bicyclic) bond motifs is 3. The molecule has 5 nitrogen and oxygen atoms in total. The first kappa shape index (κ1) is 14.9. The molecule has 2 bridgehead atoms. The van der Waals surface area contributed by atoms with Gasteiger partial charge in [0.2, 0.25) is 11.8 Å². The molecule has 5 heteroatoms. The zero-order valence-electron chi connectivity index (χ0n) is 14.0. The van der Waals surface area contributed by atoms with Crippen molar-refractivity contribution in [2.75, 3.05) is 11.5 Å². The summed E-state index contributed by atoms with van der Waals surface area (Å²) in [6.07, 6.45) is 6.60. The first-order chi connectivity index (χ1) is 12.1. The van der Waals surface area contributed by atoms with Crippen molar-refractivity contribution in [1.29, 1.82) is 0 Å². The summed E-state index contributed by atoms with van der Waals surface area (Å²) >= 11 is 0. The molecular weight excluding hydrogens is 318 g/mol. The van der Waals surface area contributed by atoms with Gasteiger partial charge in [-0.15, -0.1) is 0 Å². The maximum Gasteiger partial charge on any atom is 0.338 e. The minimum atomic E-state index is -0.400. The molecular formula is C20H19NO4. The summed E-state index contributed by atoms with van der Waals surface area (Å²) in [5.41, 5.74) is 1.17. The second kappa shape index (κ2) is 4.81. The number of carbonyl (C=O) groups is 3. The number of imide groups is 1. The number of esters is 1. The van der Waals surface area contributed by atoms with Crippen LogP contribution < -0.4 is 4.90 Å². The summed E-state index contributed by atoms with van der Waals surface area (Å²) in [7, 11) is 0. The Morgan fingerprint density at radius 3 is 2.12 bits per heavy atom. The van der Waals surface area contributed by atoms with E-state index in [2.05, 4.69) is 12.2 Å². The van der Waals surface area contributed by atoms with E-state index in [0.29, 0.717) is 17.9 Å². The minimum Gasteiger partial charge on any atom is -0.462 e. The molecule has 3 fully saturated rings. The smallest absolute Gasteiger partial charge is 0.338 e. The molecule has 4 atom stereocenters. The summed E-state index contributed by atoms with van der Waals surface area (Å²) in [4.78, 5) is 39.1. The average Bonchev–Trinajstić information content (AvgIpc) is 3.20. The van der Waals surface area contributed by atoms with Gasteiger partial charge in [-0.2, -0.15) is 0 Å². The molecule has 1 saturated heterocycles. The van der Waals surface area contributed by atoms with Crippen molar-refractivity contribution in [3.63, 3.8) is 0 Å². The molecule has 1 aromatic carbocycles. The summed E-state index contributed by atoms with van der Waals surface area (Å²) in [5, 5.41) is 0. The van der Waals surface area contributed by atoms with E-state index < -0.39 is 5.97 Å². The van der Waals surface area contributed by atoms with Gasteiger partial charge >= 0.3 is 5.97 Å². The van der Waals surface area contributed by atoms with Gasteiger partial charge in [0.1, 0.15) is 0 Å². The molecule has 1 heterocycles. The second-order valence-corrected chi connectivity index (χ2v) is 7.50. The maximum atomic E-state index is 13.0. The van der Waals surface area contributed by atoms with Crippen molar-refractivity contribution >= 4 is 23.5 Å². The normalized spacial score (nSPS) is 33.2.